The molecule has 1 atom stereocenters. The van der Waals surface area contributed by atoms with Crippen LogP contribution in [0.15, 0.2) is 35.3 Å². The molecule has 3 heterocycles. The van der Waals surface area contributed by atoms with E-state index in [0.29, 0.717) is 0 Å². The van der Waals surface area contributed by atoms with E-state index in [1.165, 1.54) is 6.07 Å². The van der Waals surface area contributed by atoms with Crippen LogP contribution in [0.5, 0.6) is 0 Å². The van der Waals surface area contributed by atoms with E-state index in [1.807, 2.05) is 25.3 Å². The van der Waals surface area contributed by atoms with Crippen LogP contribution >= 0.6 is 0 Å². The van der Waals surface area contributed by atoms with Gasteiger partial charge in [-0.25, -0.2) is 9.97 Å². The summed E-state index contributed by atoms with van der Waals surface area (Å²) in [6, 6.07) is 7.65. The Hall–Kier alpha value is -2.21. The molecule has 1 saturated heterocycles. The molecule has 2 aromatic rings. The fourth-order valence-electron chi connectivity index (χ4n) is 3.07. The van der Waals surface area contributed by atoms with Crippen molar-refractivity contribution in [3.05, 3.63) is 52.3 Å². The number of hydrogen-bond acceptors (Lipinski definition) is 5. The van der Waals surface area contributed by atoms with Crippen LogP contribution in [0.3, 0.4) is 0 Å². The van der Waals surface area contributed by atoms with Crippen molar-refractivity contribution in [3.63, 3.8) is 0 Å². The summed E-state index contributed by atoms with van der Waals surface area (Å²) in [4.78, 5) is 28.2. The van der Waals surface area contributed by atoms with Crippen molar-refractivity contribution in [1.29, 1.82) is 0 Å². The Morgan fingerprint density at radius 1 is 1.22 bits per heavy atom. The predicted octanol–water partition coefficient (Wildman–Crippen LogP) is 1.75. The molecule has 0 spiro atoms. The van der Waals surface area contributed by atoms with Gasteiger partial charge in [0.05, 0.1) is 6.04 Å². The molecule has 0 aliphatic carbocycles. The zero-order valence-corrected chi connectivity index (χ0v) is 13.7. The van der Waals surface area contributed by atoms with Crippen LogP contribution in [0, 0.1) is 6.92 Å². The van der Waals surface area contributed by atoms with Gasteiger partial charge in [-0.15, -0.1) is 0 Å². The second kappa shape index (κ2) is 6.91. The van der Waals surface area contributed by atoms with Gasteiger partial charge in [0.1, 0.15) is 11.6 Å². The van der Waals surface area contributed by atoms with Crippen LogP contribution in [0.2, 0.25) is 0 Å². The lowest BCUT2D eigenvalue weighted by Gasteiger charge is -2.27. The lowest BCUT2D eigenvalue weighted by molar-refractivity contribution is 0.217. The summed E-state index contributed by atoms with van der Waals surface area (Å²) in [5.74, 6) is 1.78. The highest BCUT2D eigenvalue weighted by Crippen LogP contribution is 2.20. The second-order valence-electron chi connectivity index (χ2n) is 6.01. The number of aromatic nitrogens is 3. The molecule has 2 aromatic heterocycles. The first-order valence-electron chi connectivity index (χ1n) is 8.11. The van der Waals surface area contributed by atoms with Crippen molar-refractivity contribution in [2.24, 2.45) is 0 Å². The lowest BCUT2D eigenvalue weighted by Crippen LogP contribution is -2.34. The quantitative estimate of drug-likeness (QED) is 0.935. The molecule has 6 nitrogen and oxygen atoms in total. The van der Waals surface area contributed by atoms with E-state index in [2.05, 4.69) is 37.7 Å². The summed E-state index contributed by atoms with van der Waals surface area (Å²) in [5, 5.41) is 0. The van der Waals surface area contributed by atoms with Crippen molar-refractivity contribution < 1.29 is 0 Å². The summed E-state index contributed by atoms with van der Waals surface area (Å²) in [6.45, 7) is 7.80. The molecule has 0 saturated carbocycles. The van der Waals surface area contributed by atoms with Gasteiger partial charge < -0.3 is 9.88 Å². The molecule has 0 bridgehead atoms. The van der Waals surface area contributed by atoms with E-state index in [1.54, 1.807) is 0 Å². The summed E-state index contributed by atoms with van der Waals surface area (Å²) in [6.07, 6.45) is 2.90. The van der Waals surface area contributed by atoms with Gasteiger partial charge in [0.15, 0.2) is 0 Å². The highest BCUT2D eigenvalue weighted by molar-refractivity contribution is 5.37. The molecule has 6 heteroatoms. The monoisotopic (exact) mass is 313 g/mol. The summed E-state index contributed by atoms with van der Waals surface area (Å²) in [7, 11) is 0. The van der Waals surface area contributed by atoms with Crippen LogP contribution in [-0.2, 0) is 0 Å². The van der Waals surface area contributed by atoms with Crippen LogP contribution < -0.4 is 10.5 Å². The average Bonchev–Trinajstić information content (AvgIpc) is 2.80. The summed E-state index contributed by atoms with van der Waals surface area (Å²) >= 11 is 0. The molecule has 122 valence electrons. The van der Waals surface area contributed by atoms with Crippen molar-refractivity contribution in [1.82, 2.24) is 19.9 Å². The van der Waals surface area contributed by atoms with Crippen LogP contribution in [-0.4, -0.2) is 46.0 Å². The molecule has 1 fully saturated rings. The topological polar surface area (TPSA) is 65.1 Å². The van der Waals surface area contributed by atoms with Gasteiger partial charge in [-0.2, -0.15) is 0 Å². The minimum absolute atomic E-state index is 0.0794. The third kappa shape index (κ3) is 3.76. The third-order valence-electron chi connectivity index (χ3n) is 4.34. The smallest absolute Gasteiger partial charge is 0.251 e. The number of nitrogens with zero attached hydrogens (tertiary/aromatic N) is 4. The number of pyridine rings is 1. The van der Waals surface area contributed by atoms with Gasteiger partial charge in [-0.05, 0) is 32.4 Å². The Kier molecular flexibility index (Phi) is 4.71. The van der Waals surface area contributed by atoms with E-state index >= 15 is 0 Å². The van der Waals surface area contributed by atoms with Crippen LogP contribution in [0.1, 0.15) is 30.9 Å². The van der Waals surface area contributed by atoms with Crippen molar-refractivity contribution in [2.45, 2.75) is 26.3 Å². The average molecular weight is 313 g/mol. The van der Waals surface area contributed by atoms with Gasteiger partial charge in [-0.1, -0.05) is 6.07 Å². The van der Waals surface area contributed by atoms with Crippen LogP contribution in [0.4, 0.5) is 5.82 Å². The zero-order valence-electron chi connectivity index (χ0n) is 13.7. The molecular weight excluding hydrogens is 290 g/mol. The number of nitrogens with one attached hydrogen (secondary N) is 1. The van der Waals surface area contributed by atoms with Crippen molar-refractivity contribution >= 4 is 5.82 Å². The maximum atomic E-state index is 11.7. The Bertz CT molecular complexity index is 700. The molecule has 1 N–H and O–H groups in total. The number of rotatable bonds is 3. The van der Waals surface area contributed by atoms with E-state index in [9.17, 15) is 4.79 Å². The van der Waals surface area contributed by atoms with Gasteiger partial charge >= 0.3 is 0 Å². The third-order valence-corrected chi connectivity index (χ3v) is 4.34. The maximum Gasteiger partial charge on any atom is 0.251 e. The fraction of sp³-hybridized carbons (Fsp3) is 0.471. The number of H-pyrrole nitrogens is 1. The highest BCUT2D eigenvalue weighted by Gasteiger charge is 2.22. The maximum absolute atomic E-state index is 11.7. The lowest BCUT2D eigenvalue weighted by atomic mass is 10.2. The Labute approximate surface area is 136 Å². The van der Waals surface area contributed by atoms with Crippen molar-refractivity contribution in [3.8, 4) is 0 Å². The van der Waals surface area contributed by atoms with E-state index in [0.717, 1.165) is 49.9 Å². The van der Waals surface area contributed by atoms with E-state index in [-0.39, 0.29) is 11.6 Å². The molecule has 1 aliphatic heterocycles. The number of aryl methyl sites for hydroxylation is 1. The summed E-state index contributed by atoms with van der Waals surface area (Å²) in [5.41, 5.74) is 0.685. The normalized spacial score (nSPS) is 17.7. The number of aromatic amines is 1. The van der Waals surface area contributed by atoms with Gasteiger partial charge in [0, 0.05) is 44.1 Å². The van der Waals surface area contributed by atoms with Gasteiger partial charge in [0.25, 0.3) is 5.56 Å². The first-order chi connectivity index (χ1) is 11.1. The molecule has 0 unspecified atom stereocenters. The highest BCUT2D eigenvalue weighted by atomic mass is 16.1. The Morgan fingerprint density at radius 2 is 2.09 bits per heavy atom. The SMILES string of the molecule is Cc1cc(=O)[nH]c([C@H](C)N2CCCN(c3ccccn3)CC2)n1. The number of anilines is 1. The minimum atomic E-state index is -0.0794. The molecule has 0 aromatic carbocycles. The molecule has 0 radical (unpaired) electrons. The largest absolute Gasteiger partial charge is 0.355 e. The zero-order chi connectivity index (χ0) is 16.2. The molecule has 3 rings (SSSR count). The first kappa shape index (κ1) is 15.7. The minimum Gasteiger partial charge on any atom is -0.355 e. The first-order valence-corrected chi connectivity index (χ1v) is 8.11. The van der Waals surface area contributed by atoms with E-state index < -0.39 is 0 Å². The molecule has 0 amide bonds. The van der Waals surface area contributed by atoms with Crippen LogP contribution in [0.25, 0.3) is 0 Å². The predicted molar refractivity (Wildman–Crippen MR) is 90.6 cm³/mol. The Morgan fingerprint density at radius 3 is 2.83 bits per heavy atom. The van der Waals surface area contributed by atoms with E-state index in [4.69, 9.17) is 0 Å². The molecule has 23 heavy (non-hydrogen) atoms. The molecule has 1 aliphatic rings. The van der Waals surface area contributed by atoms with Gasteiger partial charge in [0.2, 0.25) is 0 Å². The standard InChI is InChI=1S/C17H23N5O/c1-13-12-16(23)20-17(19-13)14(2)21-8-5-9-22(11-10-21)15-6-3-4-7-18-15/h3-4,6-7,12,14H,5,8-11H2,1-2H3,(H,19,20,23)/t14-/m0/s1. The fourth-order valence-corrected chi connectivity index (χ4v) is 3.07. The van der Waals surface area contributed by atoms with Gasteiger partial charge in [-0.3, -0.25) is 9.69 Å². The Balaban J connectivity index is 1.71. The van der Waals surface area contributed by atoms with Crippen molar-refractivity contribution in [2.75, 3.05) is 31.1 Å². The number of hydrogen-bond donors (Lipinski definition) is 1. The summed E-state index contributed by atoms with van der Waals surface area (Å²) < 4.78 is 0. The molecular formula is C17H23N5O. The second-order valence-corrected chi connectivity index (χ2v) is 6.01.